The minimum absolute atomic E-state index is 0.0275. The highest BCUT2D eigenvalue weighted by molar-refractivity contribution is 5.99. The molecular formula is C29H27NO3. The van der Waals surface area contributed by atoms with Gasteiger partial charge in [-0.3, -0.25) is 4.79 Å². The second-order valence-corrected chi connectivity index (χ2v) is 7.69. The van der Waals surface area contributed by atoms with E-state index < -0.39 is 0 Å². The Kier molecular flexibility index (Phi) is 7.39. The molecule has 0 radical (unpaired) electrons. The number of carbonyl (C=O) groups excluding carboxylic acids is 1. The fraction of sp³-hybridized carbons (Fsp3) is 0.138. The molecule has 0 aliphatic rings. The molecule has 1 amide bonds. The van der Waals surface area contributed by atoms with E-state index in [1.807, 2.05) is 72.8 Å². The first-order valence-corrected chi connectivity index (χ1v) is 11.0. The Morgan fingerprint density at radius 2 is 1.27 bits per heavy atom. The van der Waals surface area contributed by atoms with Crippen molar-refractivity contribution in [1.29, 1.82) is 0 Å². The Morgan fingerprint density at radius 1 is 0.727 bits per heavy atom. The fourth-order valence-corrected chi connectivity index (χ4v) is 3.84. The maximum absolute atomic E-state index is 13.4. The van der Waals surface area contributed by atoms with Crippen LogP contribution in [-0.4, -0.2) is 19.6 Å². The molecule has 0 unspecified atom stereocenters. The monoisotopic (exact) mass is 437 g/mol. The van der Waals surface area contributed by atoms with Crippen molar-refractivity contribution in [3.63, 3.8) is 0 Å². The van der Waals surface area contributed by atoms with Crippen molar-refractivity contribution in [1.82, 2.24) is 5.32 Å². The van der Waals surface area contributed by atoms with Gasteiger partial charge in [0.05, 0.1) is 7.11 Å². The van der Waals surface area contributed by atoms with Crippen molar-refractivity contribution >= 4 is 5.91 Å². The molecule has 0 bridgehead atoms. The molecule has 0 aliphatic carbocycles. The molecule has 0 atom stereocenters. The first kappa shape index (κ1) is 22.2. The van der Waals surface area contributed by atoms with Gasteiger partial charge in [-0.25, -0.2) is 0 Å². The average Bonchev–Trinajstić information content (AvgIpc) is 2.89. The van der Waals surface area contributed by atoms with Crippen molar-refractivity contribution in [2.75, 3.05) is 13.7 Å². The fourth-order valence-electron chi connectivity index (χ4n) is 3.84. The normalized spacial score (nSPS) is 10.6. The molecule has 4 rings (SSSR count). The van der Waals surface area contributed by atoms with Gasteiger partial charge in [0.25, 0.3) is 5.91 Å². The standard InChI is InChI=1S/C29H27NO3/c1-32-26-18-11-19-27(33-21-22-12-5-2-6-13-22)28(26)29(31)30-20-25(23-14-7-3-8-15-23)24-16-9-4-10-17-24/h2-19,25H,20-21H2,1H3,(H,30,31). The van der Waals surface area contributed by atoms with Crippen LogP contribution in [0, 0.1) is 0 Å². The Balaban J connectivity index is 1.55. The van der Waals surface area contributed by atoms with Gasteiger partial charge >= 0.3 is 0 Å². The van der Waals surface area contributed by atoms with E-state index in [9.17, 15) is 4.79 Å². The summed E-state index contributed by atoms with van der Waals surface area (Å²) in [6.07, 6.45) is 0. The summed E-state index contributed by atoms with van der Waals surface area (Å²) in [6.45, 7) is 0.813. The smallest absolute Gasteiger partial charge is 0.258 e. The number of methoxy groups -OCH3 is 1. The van der Waals surface area contributed by atoms with Crippen LogP contribution in [0.25, 0.3) is 0 Å². The molecule has 4 heteroatoms. The van der Waals surface area contributed by atoms with Gasteiger partial charge in [0.1, 0.15) is 23.7 Å². The molecule has 1 N–H and O–H groups in total. The van der Waals surface area contributed by atoms with Gasteiger partial charge in [-0.2, -0.15) is 0 Å². The van der Waals surface area contributed by atoms with Gasteiger partial charge in [-0.05, 0) is 28.8 Å². The maximum Gasteiger partial charge on any atom is 0.258 e. The zero-order valence-corrected chi connectivity index (χ0v) is 18.6. The van der Waals surface area contributed by atoms with Gasteiger partial charge < -0.3 is 14.8 Å². The lowest BCUT2D eigenvalue weighted by Gasteiger charge is -2.20. The molecular weight excluding hydrogens is 410 g/mol. The molecule has 4 aromatic rings. The quantitative estimate of drug-likeness (QED) is 0.358. The summed E-state index contributed by atoms with van der Waals surface area (Å²) >= 11 is 0. The molecule has 4 nitrogen and oxygen atoms in total. The Bertz CT molecular complexity index is 1120. The minimum atomic E-state index is -0.229. The van der Waals surface area contributed by atoms with Crippen LogP contribution in [0.4, 0.5) is 0 Å². The predicted octanol–water partition coefficient (Wildman–Crippen LogP) is 5.84. The van der Waals surface area contributed by atoms with E-state index in [-0.39, 0.29) is 11.8 Å². The van der Waals surface area contributed by atoms with Crippen LogP contribution >= 0.6 is 0 Å². The molecule has 0 saturated heterocycles. The number of rotatable bonds is 9. The minimum Gasteiger partial charge on any atom is -0.496 e. The summed E-state index contributed by atoms with van der Waals surface area (Å²) in [5.41, 5.74) is 3.71. The van der Waals surface area contributed by atoms with Crippen LogP contribution in [0.1, 0.15) is 33.0 Å². The van der Waals surface area contributed by atoms with E-state index in [4.69, 9.17) is 9.47 Å². The summed E-state index contributed by atoms with van der Waals surface area (Å²) in [6, 6.07) is 35.7. The van der Waals surface area contributed by atoms with Crippen molar-refractivity contribution in [2.24, 2.45) is 0 Å². The van der Waals surface area contributed by atoms with Crippen LogP contribution in [0.5, 0.6) is 11.5 Å². The van der Waals surface area contributed by atoms with E-state index in [1.165, 1.54) is 0 Å². The topological polar surface area (TPSA) is 47.6 Å². The third-order valence-electron chi connectivity index (χ3n) is 5.54. The van der Waals surface area contributed by atoms with Crippen LogP contribution in [0.15, 0.2) is 109 Å². The molecule has 0 heterocycles. The summed E-state index contributed by atoms with van der Waals surface area (Å²) in [5, 5.41) is 3.11. The Hall–Kier alpha value is -4.05. The van der Waals surface area contributed by atoms with Crippen molar-refractivity contribution in [3.8, 4) is 11.5 Å². The SMILES string of the molecule is COc1cccc(OCc2ccccc2)c1C(=O)NCC(c1ccccc1)c1ccccc1. The first-order valence-electron chi connectivity index (χ1n) is 11.0. The molecule has 0 aromatic heterocycles. The second kappa shape index (κ2) is 11.0. The largest absolute Gasteiger partial charge is 0.496 e. The molecule has 0 fully saturated rings. The van der Waals surface area contributed by atoms with Crippen molar-refractivity contribution in [2.45, 2.75) is 12.5 Å². The Labute approximate surface area is 194 Å². The van der Waals surface area contributed by atoms with E-state index in [0.717, 1.165) is 16.7 Å². The number of hydrogen-bond acceptors (Lipinski definition) is 3. The van der Waals surface area contributed by atoms with Gasteiger partial charge in [0.15, 0.2) is 0 Å². The predicted molar refractivity (Wildman–Crippen MR) is 131 cm³/mol. The highest BCUT2D eigenvalue weighted by Gasteiger charge is 2.21. The van der Waals surface area contributed by atoms with Crippen molar-refractivity contribution in [3.05, 3.63) is 131 Å². The summed E-state index contributed by atoms with van der Waals surface area (Å²) in [5.74, 6) is 0.771. The molecule has 33 heavy (non-hydrogen) atoms. The van der Waals surface area contributed by atoms with Crippen LogP contribution in [-0.2, 0) is 6.61 Å². The number of carbonyl (C=O) groups is 1. The molecule has 0 saturated carbocycles. The molecule has 0 aliphatic heterocycles. The lowest BCUT2D eigenvalue weighted by molar-refractivity contribution is 0.0944. The number of ether oxygens (including phenoxy) is 2. The highest BCUT2D eigenvalue weighted by atomic mass is 16.5. The lowest BCUT2D eigenvalue weighted by atomic mass is 9.91. The maximum atomic E-state index is 13.4. The summed E-state index contributed by atoms with van der Waals surface area (Å²) < 4.78 is 11.5. The molecule has 4 aromatic carbocycles. The third-order valence-corrected chi connectivity index (χ3v) is 5.54. The number of benzene rings is 4. The van der Waals surface area contributed by atoms with E-state index >= 15 is 0 Å². The van der Waals surface area contributed by atoms with Gasteiger partial charge in [-0.1, -0.05) is 97.1 Å². The third kappa shape index (κ3) is 5.60. The second-order valence-electron chi connectivity index (χ2n) is 7.69. The van der Waals surface area contributed by atoms with Crippen molar-refractivity contribution < 1.29 is 14.3 Å². The van der Waals surface area contributed by atoms with Gasteiger partial charge in [-0.15, -0.1) is 0 Å². The highest BCUT2D eigenvalue weighted by Crippen LogP contribution is 2.30. The zero-order chi connectivity index (χ0) is 22.9. The van der Waals surface area contributed by atoms with Gasteiger partial charge in [0.2, 0.25) is 0 Å². The van der Waals surface area contributed by atoms with E-state index in [2.05, 4.69) is 29.6 Å². The van der Waals surface area contributed by atoms with E-state index in [1.54, 1.807) is 19.2 Å². The van der Waals surface area contributed by atoms with E-state index in [0.29, 0.717) is 30.2 Å². The molecule has 0 spiro atoms. The number of amides is 1. The molecule has 166 valence electrons. The van der Waals surface area contributed by atoms with Gasteiger partial charge in [0, 0.05) is 12.5 Å². The number of nitrogens with one attached hydrogen (secondary N) is 1. The average molecular weight is 438 g/mol. The summed E-state index contributed by atoms with van der Waals surface area (Å²) in [7, 11) is 1.56. The van der Waals surface area contributed by atoms with Crippen LogP contribution in [0.3, 0.4) is 0 Å². The first-order chi connectivity index (χ1) is 16.3. The van der Waals surface area contributed by atoms with Crippen LogP contribution in [0.2, 0.25) is 0 Å². The lowest BCUT2D eigenvalue weighted by Crippen LogP contribution is -2.29. The number of hydrogen-bond donors (Lipinski definition) is 1. The van der Waals surface area contributed by atoms with Crippen LogP contribution < -0.4 is 14.8 Å². The summed E-state index contributed by atoms with van der Waals surface area (Å²) in [4.78, 5) is 13.4. The zero-order valence-electron chi connectivity index (χ0n) is 18.6. The Morgan fingerprint density at radius 3 is 1.85 bits per heavy atom.